The van der Waals surface area contributed by atoms with Crippen LogP contribution in [0.2, 0.25) is 0 Å². The molecular formula is C25H37FN4O2. The molecule has 2 amide bonds. The Labute approximate surface area is 190 Å². The highest BCUT2D eigenvalue weighted by molar-refractivity contribution is 6.07. The molecule has 3 aliphatic rings. The Hall–Kier alpha value is -1.99. The maximum absolute atomic E-state index is 14.0. The first-order chi connectivity index (χ1) is 15.3. The van der Waals surface area contributed by atoms with E-state index < -0.39 is 5.92 Å². The molecule has 6 nitrogen and oxygen atoms in total. The third-order valence-electron chi connectivity index (χ3n) is 8.00. The molecule has 0 bridgehead atoms. The lowest BCUT2D eigenvalue weighted by atomic mass is 9.79. The van der Waals surface area contributed by atoms with Gasteiger partial charge in [0, 0.05) is 44.3 Å². The number of halogens is 1. The fourth-order valence-corrected chi connectivity index (χ4v) is 5.98. The van der Waals surface area contributed by atoms with E-state index in [0.717, 1.165) is 48.5 Å². The second-order valence-electron chi connectivity index (χ2n) is 10.3. The first-order valence-corrected chi connectivity index (χ1v) is 12.1. The molecule has 2 N–H and O–H groups in total. The Morgan fingerprint density at radius 2 is 1.78 bits per heavy atom. The number of piperidine rings is 1. The molecule has 4 rings (SSSR count). The molecule has 1 aromatic rings. The van der Waals surface area contributed by atoms with Crippen molar-refractivity contribution in [3.63, 3.8) is 0 Å². The lowest BCUT2D eigenvalue weighted by Gasteiger charge is -2.43. The smallest absolute Gasteiger partial charge is 0.237 e. The van der Waals surface area contributed by atoms with E-state index in [2.05, 4.69) is 18.7 Å². The molecule has 1 aliphatic carbocycles. The van der Waals surface area contributed by atoms with Crippen molar-refractivity contribution in [2.45, 2.75) is 76.8 Å². The highest BCUT2D eigenvalue weighted by Gasteiger charge is 2.43. The van der Waals surface area contributed by atoms with Crippen molar-refractivity contribution < 1.29 is 14.0 Å². The third-order valence-corrected chi connectivity index (χ3v) is 8.00. The Balaban J connectivity index is 1.43. The number of likely N-dealkylation sites (tertiary alicyclic amines) is 1. The summed E-state index contributed by atoms with van der Waals surface area (Å²) in [6.07, 6.45) is 6.96. The van der Waals surface area contributed by atoms with Gasteiger partial charge in [-0.3, -0.25) is 14.6 Å². The quantitative estimate of drug-likeness (QED) is 0.428. The highest BCUT2D eigenvalue weighted by Crippen LogP contribution is 2.43. The van der Waals surface area contributed by atoms with E-state index in [1.807, 2.05) is 4.90 Å². The summed E-state index contributed by atoms with van der Waals surface area (Å²) in [5, 5.41) is 1.00. The van der Waals surface area contributed by atoms with Crippen LogP contribution in [0.5, 0.6) is 0 Å². The molecule has 32 heavy (non-hydrogen) atoms. The Kier molecular flexibility index (Phi) is 6.86. The van der Waals surface area contributed by atoms with Crippen LogP contribution >= 0.6 is 0 Å². The van der Waals surface area contributed by atoms with Gasteiger partial charge in [0.15, 0.2) is 0 Å². The molecule has 0 spiro atoms. The third kappa shape index (κ3) is 4.55. The summed E-state index contributed by atoms with van der Waals surface area (Å²) < 4.78 is 14.0. The van der Waals surface area contributed by atoms with Gasteiger partial charge in [-0.2, -0.15) is 0 Å². The van der Waals surface area contributed by atoms with Crippen LogP contribution in [0.15, 0.2) is 18.2 Å². The van der Waals surface area contributed by atoms with Crippen molar-refractivity contribution >= 4 is 17.5 Å². The average Bonchev–Trinajstić information content (AvgIpc) is 3.04. The number of benzene rings is 1. The zero-order chi connectivity index (χ0) is 23.0. The van der Waals surface area contributed by atoms with E-state index in [1.165, 1.54) is 44.9 Å². The number of amides is 2. The van der Waals surface area contributed by atoms with Crippen molar-refractivity contribution in [1.82, 2.24) is 9.91 Å². The first-order valence-electron chi connectivity index (χ1n) is 12.1. The van der Waals surface area contributed by atoms with E-state index in [4.69, 9.17) is 5.84 Å². The summed E-state index contributed by atoms with van der Waals surface area (Å²) in [4.78, 5) is 30.1. The van der Waals surface area contributed by atoms with Crippen LogP contribution in [0.25, 0.3) is 0 Å². The van der Waals surface area contributed by atoms with Gasteiger partial charge in [0.1, 0.15) is 5.82 Å². The number of hydrogen-bond acceptors (Lipinski definition) is 4. The molecule has 1 unspecified atom stereocenters. The molecular weight excluding hydrogens is 407 g/mol. The van der Waals surface area contributed by atoms with Gasteiger partial charge in [-0.25, -0.2) is 10.2 Å². The molecule has 1 saturated carbocycles. The van der Waals surface area contributed by atoms with Gasteiger partial charge in [-0.1, -0.05) is 13.8 Å². The van der Waals surface area contributed by atoms with Gasteiger partial charge in [-0.05, 0) is 74.1 Å². The molecule has 7 heteroatoms. The van der Waals surface area contributed by atoms with Gasteiger partial charge in [0.05, 0.1) is 5.92 Å². The zero-order valence-electron chi connectivity index (χ0n) is 19.6. The minimum Gasteiger partial charge on any atom is -0.308 e. The summed E-state index contributed by atoms with van der Waals surface area (Å²) in [6.45, 7) is 6.63. The summed E-state index contributed by atoms with van der Waals surface area (Å²) in [6, 6.07) is 5.25. The van der Waals surface area contributed by atoms with E-state index in [0.29, 0.717) is 11.6 Å². The first kappa shape index (κ1) is 23.2. The highest BCUT2D eigenvalue weighted by atomic mass is 19.1. The molecule has 0 radical (unpaired) electrons. The van der Waals surface area contributed by atoms with E-state index in [-0.39, 0.29) is 30.1 Å². The molecule has 176 valence electrons. The monoisotopic (exact) mass is 444 g/mol. The number of carbonyl (C=O) groups excluding carboxylic acids is 2. The molecule has 0 aromatic heterocycles. The number of rotatable bonds is 5. The van der Waals surface area contributed by atoms with Gasteiger partial charge in [0.2, 0.25) is 11.8 Å². The molecule has 2 fully saturated rings. The molecule has 2 aliphatic heterocycles. The molecule has 1 aromatic carbocycles. The number of nitrogens with zero attached hydrogens (tertiary/aromatic N) is 3. The Morgan fingerprint density at radius 1 is 1.12 bits per heavy atom. The summed E-state index contributed by atoms with van der Waals surface area (Å²) in [5.41, 5.74) is 1.37. The SMILES string of the molecule is CC(C)C1CCC(N2CCC(N3C(=O)C(CC(=O)N(C)N)c4cc(F)ccc43)CC2)CC1. The van der Waals surface area contributed by atoms with Crippen LogP contribution in [0.3, 0.4) is 0 Å². The lowest BCUT2D eigenvalue weighted by Crippen LogP contribution is -2.50. The van der Waals surface area contributed by atoms with E-state index in [9.17, 15) is 14.0 Å². The van der Waals surface area contributed by atoms with Crippen LogP contribution in [0.4, 0.5) is 10.1 Å². The topological polar surface area (TPSA) is 69.9 Å². The van der Waals surface area contributed by atoms with Crippen molar-refractivity contribution in [3.05, 3.63) is 29.6 Å². The average molecular weight is 445 g/mol. The van der Waals surface area contributed by atoms with Crippen molar-refractivity contribution in [2.75, 3.05) is 25.0 Å². The maximum atomic E-state index is 14.0. The fraction of sp³-hybridized carbons (Fsp3) is 0.680. The second-order valence-corrected chi connectivity index (χ2v) is 10.3. The minimum atomic E-state index is -0.663. The summed E-state index contributed by atoms with van der Waals surface area (Å²) >= 11 is 0. The fourth-order valence-electron chi connectivity index (χ4n) is 5.98. The van der Waals surface area contributed by atoms with Gasteiger partial charge in [0.25, 0.3) is 0 Å². The number of fused-ring (bicyclic) bond motifs is 1. The van der Waals surface area contributed by atoms with Crippen molar-refractivity contribution in [1.29, 1.82) is 0 Å². The maximum Gasteiger partial charge on any atom is 0.237 e. The second kappa shape index (κ2) is 9.48. The number of nitrogens with two attached hydrogens (primary N) is 1. The Morgan fingerprint density at radius 3 is 2.38 bits per heavy atom. The van der Waals surface area contributed by atoms with E-state index >= 15 is 0 Å². The summed E-state index contributed by atoms with van der Waals surface area (Å²) in [5.74, 6) is 5.73. The van der Waals surface area contributed by atoms with Crippen molar-refractivity contribution in [3.8, 4) is 0 Å². The molecule has 1 atom stereocenters. The van der Waals surface area contributed by atoms with Crippen LogP contribution in [0.1, 0.15) is 70.3 Å². The normalized spacial score (nSPS) is 27.1. The van der Waals surface area contributed by atoms with Gasteiger partial charge < -0.3 is 9.80 Å². The van der Waals surface area contributed by atoms with Crippen LogP contribution < -0.4 is 10.7 Å². The van der Waals surface area contributed by atoms with Gasteiger partial charge >= 0.3 is 0 Å². The largest absolute Gasteiger partial charge is 0.308 e. The number of hydrogen-bond donors (Lipinski definition) is 1. The van der Waals surface area contributed by atoms with Crippen LogP contribution in [-0.4, -0.2) is 53.9 Å². The Bertz CT molecular complexity index is 842. The van der Waals surface area contributed by atoms with Crippen LogP contribution in [0, 0.1) is 17.7 Å². The number of carbonyl (C=O) groups is 2. The van der Waals surface area contributed by atoms with E-state index in [1.54, 1.807) is 6.07 Å². The predicted octanol–water partition coefficient (Wildman–Crippen LogP) is 3.66. The van der Waals surface area contributed by atoms with Crippen molar-refractivity contribution in [2.24, 2.45) is 17.7 Å². The number of anilines is 1. The standard InChI is InChI=1S/C25H37FN4O2/c1-16(2)17-4-7-19(8-5-17)29-12-10-20(11-13-29)30-23-9-6-18(26)14-21(23)22(25(30)32)15-24(31)28(3)27/h6,9,14,16-17,19-20,22H,4-5,7-8,10-13,15,27H2,1-3H3. The van der Waals surface area contributed by atoms with Gasteiger partial charge in [-0.15, -0.1) is 0 Å². The minimum absolute atomic E-state index is 0.0310. The summed E-state index contributed by atoms with van der Waals surface area (Å²) in [7, 11) is 1.47. The lowest BCUT2D eigenvalue weighted by molar-refractivity contribution is -0.133. The predicted molar refractivity (Wildman–Crippen MR) is 123 cm³/mol. The van der Waals surface area contributed by atoms with Crippen LogP contribution in [-0.2, 0) is 9.59 Å². The molecule has 1 saturated heterocycles. The molecule has 2 heterocycles. The zero-order valence-corrected chi connectivity index (χ0v) is 19.6. The number of hydrazine groups is 1.